The molecule has 5 heteroatoms. The van der Waals surface area contributed by atoms with E-state index in [4.69, 9.17) is 4.74 Å². The zero-order valence-corrected chi connectivity index (χ0v) is 16.7. The van der Waals surface area contributed by atoms with Crippen molar-refractivity contribution in [2.45, 2.75) is 83.9 Å². The summed E-state index contributed by atoms with van der Waals surface area (Å²) in [4.78, 5) is 22.1. The van der Waals surface area contributed by atoms with Crippen LogP contribution in [-0.4, -0.2) is 40.7 Å². The lowest BCUT2D eigenvalue weighted by Crippen LogP contribution is -2.48. The molecule has 1 aliphatic heterocycles. The number of carbonyl (C=O) groups is 1. The van der Waals surface area contributed by atoms with Crippen LogP contribution in [0, 0.1) is 0 Å². The largest absolute Gasteiger partial charge is 0.443 e. The average Bonchev–Trinajstić information content (AvgIpc) is 2.56. The summed E-state index contributed by atoms with van der Waals surface area (Å²) >= 11 is 0. The Hall–Kier alpha value is -1.62. The maximum absolute atomic E-state index is 13.0. The number of aromatic nitrogens is 1. The highest BCUT2D eigenvalue weighted by Crippen LogP contribution is 2.38. The predicted octanol–water partition coefficient (Wildman–Crippen LogP) is 4.92. The molecule has 5 nitrogen and oxygen atoms in total. The van der Waals surface area contributed by atoms with E-state index >= 15 is 0 Å². The third-order valence-electron chi connectivity index (χ3n) is 5.45. The zero-order chi connectivity index (χ0) is 18.7. The van der Waals surface area contributed by atoms with Crippen LogP contribution < -0.4 is 4.90 Å². The van der Waals surface area contributed by atoms with Crippen LogP contribution in [0.25, 0.3) is 0 Å². The highest BCUT2D eigenvalue weighted by molar-refractivity contribution is 5.88. The Morgan fingerprint density at radius 2 is 2.04 bits per heavy atom. The molecule has 0 aromatic carbocycles. The fourth-order valence-electron chi connectivity index (χ4n) is 3.96. The van der Waals surface area contributed by atoms with E-state index < -0.39 is 5.60 Å². The molecule has 2 heterocycles. The monoisotopic (exact) mass is 359 g/mol. The number of carbonyl (C=O) groups excluding carboxylic acids is 1. The lowest BCUT2D eigenvalue weighted by atomic mass is 9.90. The van der Waals surface area contributed by atoms with Gasteiger partial charge in [-0.2, -0.15) is 0 Å². The molecule has 26 heavy (non-hydrogen) atoms. The molecule has 0 bridgehead atoms. The van der Waals surface area contributed by atoms with E-state index in [0.717, 1.165) is 44.6 Å². The quantitative estimate of drug-likeness (QED) is 0.765. The van der Waals surface area contributed by atoms with Crippen LogP contribution in [0.15, 0.2) is 18.3 Å². The number of likely N-dealkylation sites (tertiary alicyclic amines) is 1. The highest BCUT2D eigenvalue weighted by Gasteiger charge is 2.37. The summed E-state index contributed by atoms with van der Waals surface area (Å²) in [6.07, 6.45) is 8.35. The Morgan fingerprint density at radius 1 is 1.27 bits per heavy atom. The van der Waals surface area contributed by atoms with Gasteiger partial charge in [0.15, 0.2) is 0 Å². The molecule has 1 saturated heterocycles. The second-order valence-electron chi connectivity index (χ2n) is 8.49. The van der Waals surface area contributed by atoms with Gasteiger partial charge in [-0.3, -0.25) is 9.80 Å². The van der Waals surface area contributed by atoms with E-state index in [1.807, 2.05) is 31.7 Å². The first-order valence-electron chi connectivity index (χ1n) is 10.1. The van der Waals surface area contributed by atoms with Crippen molar-refractivity contribution in [2.24, 2.45) is 0 Å². The number of anilines is 1. The lowest BCUT2D eigenvalue weighted by Gasteiger charge is -2.41. The van der Waals surface area contributed by atoms with Crippen LogP contribution in [0.1, 0.15) is 77.8 Å². The van der Waals surface area contributed by atoms with Gasteiger partial charge in [0.1, 0.15) is 11.4 Å². The number of amides is 1. The Labute approximate surface area is 157 Å². The second kappa shape index (κ2) is 7.95. The van der Waals surface area contributed by atoms with Gasteiger partial charge in [0.25, 0.3) is 0 Å². The number of nitrogens with zero attached hydrogens (tertiary/aromatic N) is 3. The van der Waals surface area contributed by atoms with E-state index in [1.165, 1.54) is 18.4 Å². The number of piperidine rings is 1. The molecule has 1 amide bonds. The van der Waals surface area contributed by atoms with Gasteiger partial charge in [-0.25, -0.2) is 9.78 Å². The third-order valence-corrected chi connectivity index (χ3v) is 5.45. The summed E-state index contributed by atoms with van der Waals surface area (Å²) in [5.41, 5.74) is 0.667. The zero-order valence-electron chi connectivity index (χ0n) is 16.7. The molecule has 0 radical (unpaired) electrons. The summed E-state index contributed by atoms with van der Waals surface area (Å²) < 4.78 is 5.74. The molecule has 1 unspecified atom stereocenters. The molecule has 1 aliphatic carbocycles. The smallest absolute Gasteiger partial charge is 0.416 e. The molecule has 2 aliphatic rings. The maximum Gasteiger partial charge on any atom is 0.416 e. The van der Waals surface area contributed by atoms with E-state index in [9.17, 15) is 4.79 Å². The highest BCUT2D eigenvalue weighted by atomic mass is 16.6. The van der Waals surface area contributed by atoms with Gasteiger partial charge in [-0.1, -0.05) is 19.4 Å². The molecule has 1 aromatic rings. The van der Waals surface area contributed by atoms with Gasteiger partial charge in [0.05, 0.1) is 0 Å². The van der Waals surface area contributed by atoms with Crippen LogP contribution in [0.3, 0.4) is 0 Å². The first-order chi connectivity index (χ1) is 12.4. The van der Waals surface area contributed by atoms with Crippen molar-refractivity contribution >= 4 is 11.9 Å². The Morgan fingerprint density at radius 3 is 2.65 bits per heavy atom. The minimum Gasteiger partial charge on any atom is -0.443 e. The van der Waals surface area contributed by atoms with E-state index in [0.29, 0.717) is 6.04 Å². The van der Waals surface area contributed by atoms with Crippen LogP contribution in [0.4, 0.5) is 10.6 Å². The van der Waals surface area contributed by atoms with Gasteiger partial charge < -0.3 is 4.74 Å². The SMILES string of the molecule is CCN1CCCCC1c1cccnc1N(C(=O)OC(C)(C)C)C1CCC1. The van der Waals surface area contributed by atoms with Crippen molar-refractivity contribution in [1.29, 1.82) is 0 Å². The van der Waals surface area contributed by atoms with Gasteiger partial charge in [0, 0.05) is 23.8 Å². The van der Waals surface area contributed by atoms with Crippen molar-refractivity contribution in [3.63, 3.8) is 0 Å². The van der Waals surface area contributed by atoms with Crippen LogP contribution in [-0.2, 0) is 4.74 Å². The Balaban J connectivity index is 1.95. The first kappa shape index (κ1) is 19.2. The van der Waals surface area contributed by atoms with Crippen molar-refractivity contribution in [3.8, 4) is 0 Å². The van der Waals surface area contributed by atoms with Gasteiger partial charge in [-0.05, 0) is 72.0 Å². The number of pyridine rings is 1. The van der Waals surface area contributed by atoms with Crippen LogP contribution in [0.5, 0.6) is 0 Å². The molecule has 3 rings (SSSR count). The van der Waals surface area contributed by atoms with Crippen molar-refractivity contribution in [1.82, 2.24) is 9.88 Å². The lowest BCUT2D eigenvalue weighted by molar-refractivity contribution is 0.0546. The summed E-state index contributed by atoms with van der Waals surface area (Å²) in [5.74, 6) is 0.803. The Bertz CT molecular complexity index is 622. The standard InChI is InChI=1S/C21H33N3O2/c1-5-23-15-7-6-13-18(23)17-12-9-14-22-19(17)24(16-10-8-11-16)20(25)26-21(2,3)4/h9,12,14,16,18H,5-8,10-11,13,15H2,1-4H3. The molecule has 1 saturated carbocycles. The minimum absolute atomic E-state index is 0.206. The first-order valence-corrected chi connectivity index (χ1v) is 10.1. The molecule has 1 aromatic heterocycles. The molecular formula is C21H33N3O2. The van der Waals surface area contributed by atoms with Gasteiger partial charge in [0.2, 0.25) is 0 Å². The predicted molar refractivity (Wildman–Crippen MR) is 104 cm³/mol. The van der Waals surface area contributed by atoms with E-state index in [-0.39, 0.29) is 12.1 Å². The van der Waals surface area contributed by atoms with Crippen molar-refractivity contribution in [2.75, 3.05) is 18.0 Å². The normalized spacial score (nSPS) is 21.9. The summed E-state index contributed by atoms with van der Waals surface area (Å²) in [5, 5.41) is 0. The Kier molecular flexibility index (Phi) is 5.86. The number of hydrogen-bond donors (Lipinski definition) is 0. The molecule has 2 fully saturated rings. The average molecular weight is 360 g/mol. The topological polar surface area (TPSA) is 45.7 Å². The van der Waals surface area contributed by atoms with E-state index in [1.54, 1.807) is 6.20 Å². The number of rotatable bonds is 4. The molecule has 144 valence electrons. The minimum atomic E-state index is -0.506. The van der Waals surface area contributed by atoms with Crippen LogP contribution >= 0.6 is 0 Å². The summed E-state index contributed by atoms with van der Waals surface area (Å²) in [7, 11) is 0. The fraction of sp³-hybridized carbons (Fsp3) is 0.714. The van der Waals surface area contributed by atoms with Gasteiger partial charge >= 0.3 is 6.09 Å². The third kappa shape index (κ3) is 4.20. The maximum atomic E-state index is 13.0. The van der Waals surface area contributed by atoms with Crippen molar-refractivity contribution in [3.05, 3.63) is 23.9 Å². The fourth-order valence-corrected chi connectivity index (χ4v) is 3.96. The van der Waals surface area contributed by atoms with Crippen molar-refractivity contribution < 1.29 is 9.53 Å². The van der Waals surface area contributed by atoms with E-state index in [2.05, 4.69) is 22.9 Å². The molecule has 0 N–H and O–H groups in total. The number of ether oxygens (including phenoxy) is 1. The molecular weight excluding hydrogens is 326 g/mol. The second-order valence-corrected chi connectivity index (χ2v) is 8.49. The van der Waals surface area contributed by atoms with Crippen LogP contribution in [0.2, 0.25) is 0 Å². The summed E-state index contributed by atoms with van der Waals surface area (Å²) in [6, 6.07) is 4.69. The van der Waals surface area contributed by atoms with Gasteiger partial charge in [-0.15, -0.1) is 0 Å². The number of hydrogen-bond acceptors (Lipinski definition) is 4. The molecule has 1 atom stereocenters. The summed E-state index contributed by atoms with van der Waals surface area (Å²) in [6.45, 7) is 10.1. The molecule has 0 spiro atoms.